The molecule has 0 bridgehead atoms. The minimum absolute atomic E-state index is 0.725. The third-order valence-electron chi connectivity index (χ3n) is 4.35. The van der Waals surface area contributed by atoms with Crippen LogP contribution in [0.3, 0.4) is 0 Å². The summed E-state index contributed by atoms with van der Waals surface area (Å²) in [6, 6.07) is 7.49. The van der Waals surface area contributed by atoms with Crippen molar-refractivity contribution in [3.05, 3.63) is 28.2 Å². The van der Waals surface area contributed by atoms with Crippen molar-refractivity contribution in [2.45, 2.75) is 65.0 Å². The highest BCUT2D eigenvalue weighted by molar-refractivity contribution is 9.10. The fourth-order valence-electron chi connectivity index (χ4n) is 3.30. The molecule has 1 N–H and O–H groups in total. The van der Waals surface area contributed by atoms with Gasteiger partial charge in [-0.15, -0.1) is 0 Å². The molecule has 1 fully saturated rings. The molecule has 3 heteroatoms. The molecule has 0 aromatic heterocycles. The van der Waals surface area contributed by atoms with E-state index in [0.717, 1.165) is 19.1 Å². The molecule has 1 aromatic rings. The van der Waals surface area contributed by atoms with Crippen LogP contribution in [0.5, 0.6) is 0 Å². The molecule has 0 saturated carbocycles. The van der Waals surface area contributed by atoms with Crippen LogP contribution in [0.25, 0.3) is 0 Å². The van der Waals surface area contributed by atoms with Crippen LogP contribution in [0.4, 0.5) is 5.69 Å². The van der Waals surface area contributed by atoms with Crippen molar-refractivity contribution in [3.8, 4) is 0 Å². The van der Waals surface area contributed by atoms with Gasteiger partial charge in [-0.05, 0) is 56.3 Å². The lowest BCUT2D eigenvalue weighted by Gasteiger charge is -2.39. The van der Waals surface area contributed by atoms with Crippen molar-refractivity contribution >= 4 is 21.6 Å². The number of nitrogens with one attached hydrogen (secondary N) is 1. The maximum Gasteiger partial charge on any atom is 0.0425 e. The normalized spacial score (nSPS) is 19.0. The number of halogens is 1. The summed E-state index contributed by atoms with van der Waals surface area (Å²) >= 11 is 3.66. The summed E-state index contributed by atoms with van der Waals surface area (Å²) in [4.78, 5) is 2.67. The van der Waals surface area contributed by atoms with Gasteiger partial charge in [-0.3, -0.25) is 0 Å². The number of benzene rings is 1. The van der Waals surface area contributed by atoms with Gasteiger partial charge in [0, 0.05) is 29.3 Å². The van der Waals surface area contributed by atoms with Gasteiger partial charge >= 0.3 is 0 Å². The van der Waals surface area contributed by atoms with Crippen LogP contribution in [-0.2, 0) is 6.54 Å². The van der Waals surface area contributed by atoms with E-state index in [1.54, 1.807) is 0 Å². The largest absolute Gasteiger partial charge is 0.368 e. The van der Waals surface area contributed by atoms with Gasteiger partial charge in [-0.2, -0.15) is 0 Å². The standard InChI is InChI=1S/C18H29BrN2/c1-3-7-17-8-5-6-12-21(17)18-13-16(19)10-9-15(18)14-20-11-4-2/h9-10,13,17,20H,3-8,11-12,14H2,1-2H3. The van der Waals surface area contributed by atoms with Gasteiger partial charge in [0.2, 0.25) is 0 Å². The Hall–Kier alpha value is -0.540. The molecule has 2 nitrogen and oxygen atoms in total. The molecule has 21 heavy (non-hydrogen) atoms. The van der Waals surface area contributed by atoms with E-state index >= 15 is 0 Å². The second-order valence-electron chi connectivity index (χ2n) is 6.08. The first-order valence-electron chi connectivity index (χ1n) is 8.52. The zero-order valence-corrected chi connectivity index (χ0v) is 15.1. The second kappa shape index (κ2) is 8.79. The number of piperidine rings is 1. The first-order chi connectivity index (χ1) is 10.3. The Morgan fingerprint density at radius 1 is 1.24 bits per heavy atom. The molecule has 1 atom stereocenters. The van der Waals surface area contributed by atoms with Gasteiger partial charge in [-0.25, -0.2) is 0 Å². The first-order valence-corrected chi connectivity index (χ1v) is 9.31. The zero-order valence-electron chi connectivity index (χ0n) is 13.5. The van der Waals surface area contributed by atoms with E-state index in [0.29, 0.717) is 0 Å². The average Bonchev–Trinajstić information content (AvgIpc) is 2.50. The minimum Gasteiger partial charge on any atom is -0.368 e. The van der Waals surface area contributed by atoms with Crippen molar-refractivity contribution in [2.24, 2.45) is 0 Å². The van der Waals surface area contributed by atoms with E-state index in [2.05, 4.69) is 58.2 Å². The summed E-state index contributed by atoms with van der Waals surface area (Å²) in [5, 5.41) is 3.56. The molecule has 0 radical (unpaired) electrons. The number of hydrogen-bond donors (Lipinski definition) is 1. The molecule has 118 valence electrons. The summed E-state index contributed by atoms with van der Waals surface area (Å²) in [7, 11) is 0. The third kappa shape index (κ3) is 4.72. The minimum atomic E-state index is 0.725. The Labute approximate surface area is 138 Å². The smallest absolute Gasteiger partial charge is 0.0425 e. The summed E-state index contributed by atoms with van der Waals surface area (Å²) in [6.07, 6.45) is 7.84. The second-order valence-corrected chi connectivity index (χ2v) is 7.00. The SMILES string of the molecule is CCCNCc1ccc(Br)cc1N1CCCCC1CCC. The summed E-state index contributed by atoms with van der Waals surface area (Å²) in [5.41, 5.74) is 2.88. The summed E-state index contributed by atoms with van der Waals surface area (Å²) < 4.78 is 1.19. The van der Waals surface area contributed by atoms with Gasteiger partial charge < -0.3 is 10.2 Å². The Morgan fingerprint density at radius 3 is 2.86 bits per heavy atom. The summed E-state index contributed by atoms with van der Waals surface area (Å²) in [5.74, 6) is 0. The molecule has 1 aromatic carbocycles. The quantitative estimate of drug-likeness (QED) is 0.686. The Morgan fingerprint density at radius 2 is 2.10 bits per heavy atom. The Balaban J connectivity index is 2.20. The predicted octanol–water partition coefficient (Wildman–Crippen LogP) is 5.11. The summed E-state index contributed by atoms with van der Waals surface area (Å²) in [6.45, 7) is 7.80. The molecule has 0 aliphatic carbocycles. The number of hydrogen-bond acceptors (Lipinski definition) is 2. The van der Waals surface area contributed by atoms with Crippen molar-refractivity contribution in [1.82, 2.24) is 5.32 Å². The van der Waals surface area contributed by atoms with Gasteiger partial charge in [0.15, 0.2) is 0 Å². The van der Waals surface area contributed by atoms with E-state index in [1.807, 2.05) is 0 Å². The average molecular weight is 353 g/mol. The third-order valence-corrected chi connectivity index (χ3v) is 4.84. The maximum atomic E-state index is 3.66. The fourth-order valence-corrected chi connectivity index (χ4v) is 3.65. The maximum absolute atomic E-state index is 3.66. The van der Waals surface area contributed by atoms with Gasteiger partial charge in [0.25, 0.3) is 0 Å². The van der Waals surface area contributed by atoms with E-state index in [4.69, 9.17) is 0 Å². The van der Waals surface area contributed by atoms with Gasteiger partial charge in [0.1, 0.15) is 0 Å². The van der Waals surface area contributed by atoms with Crippen molar-refractivity contribution in [3.63, 3.8) is 0 Å². The topological polar surface area (TPSA) is 15.3 Å². The van der Waals surface area contributed by atoms with Crippen molar-refractivity contribution in [1.29, 1.82) is 0 Å². The Bertz CT molecular complexity index is 431. The molecule has 0 spiro atoms. The van der Waals surface area contributed by atoms with E-state index < -0.39 is 0 Å². The molecule has 0 amide bonds. The lowest BCUT2D eigenvalue weighted by Crippen LogP contribution is -2.40. The molecule has 1 unspecified atom stereocenters. The van der Waals surface area contributed by atoms with Crippen LogP contribution in [0.2, 0.25) is 0 Å². The van der Waals surface area contributed by atoms with Gasteiger partial charge in [-0.1, -0.05) is 42.3 Å². The number of anilines is 1. The fraction of sp³-hybridized carbons (Fsp3) is 0.667. The van der Waals surface area contributed by atoms with Crippen LogP contribution >= 0.6 is 15.9 Å². The molecule has 1 heterocycles. The molecule has 1 saturated heterocycles. The molecular weight excluding hydrogens is 324 g/mol. The van der Waals surface area contributed by atoms with E-state index in [9.17, 15) is 0 Å². The lowest BCUT2D eigenvalue weighted by atomic mass is 9.96. The highest BCUT2D eigenvalue weighted by Gasteiger charge is 2.23. The van der Waals surface area contributed by atoms with Crippen LogP contribution in [0.15, 0.2) is 22.7 Å². The lowest BCUT2D eigenvalue weighted by molar-refractivity contribution is 0.433. The van der Waals surface area contributed by atoms with E-state index in [1.165, 1.54) is 60.8 Å². The number of nitrogens with zero attached hydrogens (tertiary/aromatic N) is 1. The van der Waals surface area contributed by atoms with Crippen molar-refractivity contribution < 1.29 is 0 Å². The molecular formula is C18H29BrN2. The predicted molar refractivity (Wildman–Crippen MR) is 96.0 cm³/mol. The zero-order chi connectivity index (χ0) is 15.1. The van der Waals surface area contributed by atoms with Crippen LogP contribution in [0.1, 0.15) is 57.9 Å². The van der Waals surface area contributed by atoms with Crippen LogP contribution in [-0.4, -0.2) is 19.1 Å². The van der Waals surface area contributed by atoms with Crippen LogP contribution in [0, 0.1) is 0 Å². The Kier molecular flexibility index (Phi) is 7.05. The van der Waals surface area contributed by atoms with E-state index in [-0.39, 0.29) is 0 Å². The molecule has 2 rings (SSSR count). The van der Waals surface area contributed by atoms with Crippen molar-refractivity contribution in [2.75, 3.05) is 18.0 Å². The van der Waals surface area contributed by atoms with Crippen LogP contribution < -0.4 is 10.2 Å². The van der Waals surface area contributed by atoms with Gasteiger partial charge in [0.05, 0.1) is 0 Å². The number of rotatable bonds is 7. The highest BCUT2D eigenvalue weighted by atomic mass is 79.9. The first kappa shape index (κ1) is 16.8. The highest BCUT2D eigenvalue weighted by Crippen LogP contribution is 2.32. The molecule has 1 aliphatic rings. The monoisotopic (exact) mass is 352 g/mol. The molecule has 1 aliphatic heterocycles.